The van der Waals surface area contributed by atoms with Gasteiger partial charge in [-0.2, -0.15) is 0 Å². The van der Waals surface area contributed by atoms with E-state index >= 15 is 0 Å². The van der Waals surface area contributed by atoms with E-state index in [9.17, 15) is 4.57 Å². The number of hydrogen-bond acceptors (Lipinski definition) is 3. The second kappa shape index (κ2) is 5.82. The van der Waals surface area contributed by atoms with Crippen LogP contribution in [-0.4, -0.2) is 18.1 Å². The Hall–Kier alpha value is -0.310. The van der Waals surface area contributed by atoms with Gasteiger partial charge in [0.25, 0.3) is 0 Å². The van der Waals surface area contributed by atoms with Crippen molar-refractivity contribution in [1.82, 2.24) is 0 Å². The van der Waals surface area contributed by atoms with Gasteiger partial charge in [0.05, 0.1) is 12.9 Å². The second-order valence-corrected chi connectivity index (χ2v) is 1.97. The van der Waals surface area contributed by atoms with Crippen molar-refractivity contribution in [3.8, 4) is 0 Å². The molecule has 0 aromatic heterocycles. The first kappa shape index (κ1) is 8.69. The van der Waals surface area contributed by atoms with Crippen molar-refractivity contribution < 1.29 is 18.7 Å². The van der Waals surface area contributed by atoms with Crippen molar-refractivity contribution in [2.45, 2.75) is 0 Å². The predicted octanol–water partition coefficient (Wildman–Crippen LogP) is 0.545. The molecule has 0 aromatic rings. The van der Waals surface area contributed by atoms with Gasteiger partial charge in [0.15, 0.2) is 0 Å². The Morgan fingerprint density at radius 1 is 1.67 bits per heavy atom. The minimum Gasteiger partial charge on any atom is -0.499 e. The van der Waals surface area contributed by atoms with E-state index < -0.39 is 8.25 Å². The van der Waals surface area contributed by atoms with Gasteiger partial charge in [-0.15, -0.1) is 0 Å². The zero-order chi connectivity index (χ0) is 7.11. The topological polar surface area (TPSA) is 55.8 Å². The summed E-state index contributed by atoms with van der Waals surface area (Å²) in [7, 11) is -2.78. The Bertz CT molecular complexity index is 103. The quantitative estimate of drug-likeness (QED) is 0.355. The minimum absolute atomic E-state index is 0.125. The third-order valence-electron chi connectivity index (χ3n) is 0.545. The largest absolute Gasteiger partial charge is 0.499 e. The fourth-order valence-electron chi connectivity index (χ4n) is 0.260. The summed E-state index contributed by atoms with van der Waals surface area (Å²) in [5.74, 6) is 0. The third kappa shape index (κ3) is 7.69. The first-order chi connectivity index (χ1) is 4.27. The zero-order valence-corrected chi connectivity index (χ0v) is 5.87. The highest BCUT2D eigenvalue weighted by atomic mass is 31.1. The van der Waals surface area contributed by atoms with Gasteiger partial charge >= 0.3 is 8.25 Å². The SMILES string of the molecule is C=COCCO[PH](=O)O. The molecule has 0 aromatic carbocycles. The van der Waals surface area contributed by atoms with Gasteiger partial charge in [0.1, 0.15) is 6.61 Å². The molecule has 0 aliphatic heterocycles. The standard InChI is InChI=1S/C4H9O4P/c1-2-7-3-4-8-9(5)6/h2,9H,1,3-4H2,(H,5,6). The van der Waals surface area contributed by atoms with E-state index in [2.05, 4.69) is 15.8 Å². The Labute approximate surface area is 54.0 Å². The molecule has 0 aliphatic rings. The molecule has 0 amide bonds. The Balaban J connectivity index is 2.91. The number of ether oxygens (including phenoxy) is 1. The molecular formula is C4H9O4P. The van der Waals surface area contributed by atoms with Crippen LogP contribution in [0.25, 0.3) is 0 Å². The molecule has 0 rings (SSSR count). The molecule has 0 spiro atoms. The second-order valence-electron chi connectivity index (χ2n) is 1.15. The molecule has 1 N–H and O–H groups in total. The van der Waals surface area contributed by atoms with Crippen LogP contribution in [0.4, 0.5) is 0 Å². The Morgan fingerprint density at radius 3 is 2.78 bits per heavy atom. The summed E-state index contributed by atoms with van der Waals surface area (Å²) in [6.45, 7) is 3.66. The molecule has 0 aliphatic carbocycles. The van der Waals surface area contributed by atoms with Crippen molar-refractivity contribution in [2.24, 2.45) is 0 Å². The molecule has 1 unspecified atom stereocenters. The summed E-state index contributed by atoms with van der Waals surface area (Å²) in [5.41, 5.74) is 0. The summed E-state index contributed by atoms with van der Waals surface area (Å²) >= 11 is 0. The number of hydrogen-bond donors (Lipinski definition) is 1. The van der Waals surface area contributed by atoms with Gasteiger partial charge in [-0.05, 0) is 0 Å². The van der Waals surface area contributed by atoms with Crippen molar-refractivity contribution in [3.63, 3.8) is 0 Å². The van der Waals surface area contributed by atoms with Crippen molar-refractivity contribution in [1.29, 1.82) is 0 Å². The zero-order valence-electron chi connectivity index (χ0n) is 4.87. The van der Waals surface area contributed by atoms with E-state index in [1.807, 2.05) is 0 Å². The van der Waals surface area contributed by atoms with Crippen molar-refractivity contribution in [3.05, 3.63) is 12.8 Å². The normalized spacial score (nSPS) is 12.6. The van der Waals surface area contributed by atoms with Crippen molar-refractivity contribution in [2.75, 3.05) is 13.2 Å². The highest BCUT2D eigenvalue weighted by molar-refractivity contribution is 7.32. The van der Waals surface area contributed by atoms with Crippen LogP contribution in [-0.2, 0) is 13.8 Å². The molecular weight excluding hydrogens is 143 g/mol. The highest BCUT2D eigenvalue weighted by Crippen LogP contribution is 2.12. The minimum atomic E-state index is -2.78. The third-order valence-corrected chi connectivity index (χ3v) is 0.996. The highest BCUT2D eigenvalue weighted by Gasteiger charge is 1.89. The maximum Gasteiger partial charge on any atom is 0.316 e. The molecule has 0 radical (unpaired) electrons. The van der Waals surface area contributed by atoms with Gasteiger partial charge in [0, 0.05) is 0 Å². The fourth-order valence-corrected chi connectivity index (χ4v) is 0.518. The molecule has 5 heteroatoms. The van der Waals surface area contributed by atoms with E-state index in [4.69, 9.17) is 4.89 Å². The van der Waals surface area contributed by atoms with E-state index in [-0.39, 0.29) is 13.2 Å². The van der Waals surface area contributed by atoms with Gasteiger partial charge < -0.3 is 14.2 Å². The summed E-state index contributed by atoms with van der Waals surface area (Å²) in [6.07, 6.45) is 1.25. The van der Waals surface area contributed by atoms with Crippen LogP contribution in [0, 0.1) is 0 Å². The van der Waals surface area contributed by atoms with E-state index in [0.29, 0.717) is 0 Å². The van der Waals surface area contributed by atoms with Crippen LogP contribution in [0.15, 0.2) is 12.8 Å². The van der Waals surface area contributed by atoms with Gasteiger partial charge in [-0.3, -0.25) is 4.57 Å². The average molecular weight is 152 g/mol. The molecule has 0 saturated carbocycles. The summed E-state index contributed by atoms with van der Waals surface area (Å²) in [6, 6.07) is 0. The summed E-state index contributed by atoms with van der Waals surface area (Å²) < 4.78 is 18.7. The Kier molecular flexibility index (Phi) is 5.62. The first-order valence-corrected chi connectivity index (χ1v) is 3.62. The van der Waals surface area contributed by atoms with Crippen LogP contribution in [0.2, 0.25) is 0 Å². The smallest absolute Gasteiger partial charge is 0.316 e. The molecule has 0 bridgehead atoms. The lowest BCUT2D eigenvalue weighted by atomic mass is 10.8. The van der Waals surface area contributed by atoms with Crippen LogP contribution in [0.3, 0.4) is 0 Å². The van der Waals surface area contributed by atoms with E-state index in [1.54, 1.807) is 0 Å². The average Bonchev–Trinajstić information content (AvgIpc) is 1.80. The van der Waals surface area contributed by atoms with E-state index in [1.165, 1.54) is 6.26 Å². The lowest BCUT2D eigenvalue weighted by Crippen LogP contribution is -1.94. The van der Waals surface area contributed by atoms with Crippen molar-refractivity contribution >= 4 is 8.25 Å². The summed E-state index contributed by atoms with van der Waals surface area (Å²) in [5, 5.41) is 0. The van der Waals surface area contributed by atoms with Gasteiger partial charge in [-0.1, -0.05) is 6.58 Å². The maximum absolute atomic E-state index is 9.84. The molecule has 0 saturated heterocycles. The predicted molar refractivity (Wildman–Crippen MR) is 33.3 cm³/mol. The molecule has 54 valence electrons. The van der Waals surface area contributed by atoms with E-state index in [0.717, 1.165) is 0 Å². The van der Waals surface area contributed by atoms with Crippen LogP contribution in [0.5, 0.6) is 0 Å². The fraction of sp³-hybridized carbons (Fsp3) is 0.500. The molecule has 1 atom stereocenters. The van der Waals surface area contributed by atoms with Gasteiger partial charge in [-0.25, -0.2) is 0 Å². The lowest BCUT2D eigenvalue weighted by molar-refractivity contribution is 0.174. The Morgan fingerprint density at radius 2 is 2.33 bits per heavy atom. The molecule has 4 nitrogen and oxygen atoms in total. The lowest BCUT2D eigenvalue weighted by Gasteiger charge is -1.97. The van der Waals surface area contributed by atoms with Crippen LogP contribution < -0.4 is 0 Å². The molecule has 0 heterocycles. The van der Waals surface area contributed by atoms with Crippen LogP contribution in [0.1, 0.15) is 0 Å². The van der Waals surface area contributed by atoms with Gasteiger partial charge in [0.2, 0.25) is 0 Å². The monoisotopic (exact) mass is 152 g/mol. The number of rotatable bonds is 5. The first-order valence-electron chi connectivity index (χ1n) is 2.35. The van der Waals surface area contributed by atoms with Crippen LogP contribution >= 0.6 is 8.25 Å². The molecule has 0 fully saturated rings. The molecule has 9 heavy (non-hydrogen) atoms. The summed E-state index contributed by atoms with van der Waals surface area (Å²) in [4.78, 5) is 8.09. The maximum atomic E-state index is 9.84.